The van der Waals surface area contributed by atoms with E-state index in [-0.39, 0.29) is 22.7 Å². The number of amidine groups is 1. The van der Waals surface area contributed by atoms with Crippen LogP contribution in [-0.4, -0.2) is 38.6 Å². The van der Waals surface area contributed by atoms with Crippen molar-refractivity contribution in [3.8, 4) is 0 Å². The van der Waals surface area contributed by atoms with Crippen LogP contribution in [0, 0.1) is 17.0 Å². The van der Waals surface area contributed by atoms with E-state index in [1.807, 2.05) is 36.1 Å². The topological polar surface area (TPSA) is 69.6 Å². The van der Waals surface area contributed by atoms with Gasteiger partial charge in [-0.15, -0.1) is 0 Å². The lowest BCUT2D eigenvalue weighted by Gasteiger charge is -2.29. The predicted molar refractivity (Wildman–Crippen MR) is 103 cm³/mol. The van der Waals surface area contributed by atoms with Gasteiger partial charge in [0.2, 0.25) is 0 Å². The van der Waals surface area contributed by atoms with E-state index in [9.17, 15) is 15.2 Å². The minimum absolute atomic E-state index is 0. The molecule has 27 heavy (non-hydrogen) atoms. The number of benzene rings is 2. The summed E-state index contributed by atoms with van der Waals surface area (Å²) in [5.41, 5.74) is 1.16. The summed E-state index contributed by atoms with van der Waals surface area (Å²) in [6, 6.07) is 14.3. The number of para-hydroxylation sites is 1. The first-order chi connectivity index (χ1) is 12.5. The molecule has 0 fully saturated rings. The first-order valence-electron chi connectivity index (χ1n) is 8.58. The summed E-state index contributed by atoms with van der Waals surface area (Å²) in [5, 5.41) is 24.0. The van der Waals surface area contributed by atoms with E-state index >= 15 is 0 Å². The smallest absolute Gasteiger partial charge is 0.316 e. The predicted octanol–water partition coefficient (Wildman–Crippen LogP) is 0.0779. The molecule has 2 heterocycles. The number of halogens is 1. The van der Waals surface area contributed by atoms with E-state index < -0.39 is 10.6 Å². The highest BCUT2D eigenvalue weighted by Crippen LogP contribution is 2.41. The molecule has 0 saturated heterocycles. The fraction of sp³-hybridized carbons (Fsp3) is 0.316. The molecule has 0 saturated carbocycles. The Balaban J connectivity index is 0.00000210. The Bertz CT molecular complexity index is 921. The van der Waals surface area contributed by atoms with Gasteiger partial charge in [0.05, 0.1) is 11.5 Å². The Morgan fingerprint density at radius 3 is 2.78 bits per heavy atom. The number of nitro groups is 1. The fourth-order valence-electron chi connectivity index (χ4n) is 3.66. The summed E-state index contributed by atoms with van der Waals surface area (Å²) in [5.74, 6) is 0.999. The van der Waals surface area contributed by atoms with Gasteiger partial charge in [0.1, 0.15) is 5.69 Å². The van der Waals surface area contributed by atoms with Crippen LogP contribution in [0.25, 0.3) is 0 Å². The number of rotatable bonds is 3. The molecule has 2 aromatic rings. The number of aliphatic hydroxyl groups is 1. The van der Waals surface area contributed by atoms with Gasteiger partial charge >= 0.3 is 5.17 Å². The lowest BCUT2D eigenvalue weighted by Crippen LogP contribution is -3.00. The summed E-state index contributed by atoms with van der Waals surface area (Å²) in [6.07, 6.45) is 1.06. The highest BCUT2D eigenvalue weighted by atomic mass is 79.9. The molecule has 142 valence electrons. The van der Waals surface area contributed by atoms with E-state index in [2.05, 4.69) is 4.58 Å². The van der Waals surface area contributed by atoms with Gasteiger partial charge in [-0.1, -0.05) is 30.3 Å². The number of nitro benzene ring substituents is 1. The first-order valence-corrected chi connectivity index (χ1v) is 9.57. The van der Waals surface area contributed by atoms with Crippen LogP contribution in [-0.2, 0) is 5.72 Å². The molecule has 2 aromatic carbocycles. The Kier molecular flexibility index (Phi) is 5.60. The molecule has 2 aliphatic heterocycles. The second kappa shape index (κ2) is 7.61. The molecular formula is C19H20BrN3O3S. The van der Waals surface area contributed by atoms with Crippen LogP contribution in [0.3, 0.4) is 0 Å². The highest BCUT2D eigenvalue weighted by molar-refractivity contribution is 8.14. The van der Waals surface area contributed by atoms with Crippen molar-refractivity contribution in [3.63, 3.8) is 0 Å². The van der Waals surface area contributed by atoms with Crippen LogP contribution in [0.4, 0.5) is 11.4 Å². The highest BCUT2D eigenvalue weighted by Gasteiger charge is 2.55. The van der Waals surface area contributed by atoms with Crippen molar-refractivity contribution in [1.82, 2.24) is 0 Å². The maximum absolute atomic E-state index is 11.8. The zero-order valence-corrected chi connectivity index (χ0v) is 17.2. The molecule has 0 bridgehead atoms. The van der Waals surface area contributed by atoms with Crippen molar-refractivity contribution in [3.05, 3.63) is 69.8 Å². The summed E-state index contributed by atoms with van der Waals surface area (Å²) in [6.45, 7) is 3.28. The third-order valence-corrected chi connectivity index (χ3v) is 6.11. The minimum Gasteiger partial charge on any atom is -1.00 e. The number of non-ortho nitro benzene ring substituents is 1. The third kappa shape index (κ3) is 3.37. The summed E-state index contributed by atoms with van der Waals surface area (Å²) in [7, 11) is 0. The number of nitrogens with zero attached hydrogens (tertiary/aromatic N) is 3. The number of anilines is 1. The quantitative estimate of drug-likeness (QED) is 0.408. The van der Waals surface area contributed by atoms with Crippen LogP contribution in [0.1, 0.15) is 17.5 Å². The normalized spacial score (nSPS) is 21.6. The lowest BCUT2D eigenvalue weighted by molar-refractivity contribution is -0.532. The first kappa shape index (κ1) is 19.9. The van der Waals surface area contributed by atoms with Crippen molar-refractivity contribution >= 4 is 28.3 Å². The molecule has 0 aliphatic carbocycles. The average Bonchev–Trinajstić information content (AvgIpc) is 2.95. The lowest BCUT2D eigenvalue weighted by atomic mass is 9.99. The molecule has 6 nitrogen and oxygen atoms in total. The van der Waals surface area contributed by atoms with Crippen molar-refractivity contribution in [1.29, 1.82) is 0 Å². The molecule has 8 heteroatoms. The maximum atomic E-state index is 11.8. The third-order valence-electron chi connectivity index (χ3n) is 4.92. The SMILES string of the molecule is Cc1ccccc1N1C2=[N+](CCCS2)CC1(O)c1cccc([N+](=O)[O-])c1.[Br-]. The Morgan fingerprint density at radius 1 is 1.26 bits per heavy atom. The summed E-state index contributed by atoms with van der Waals surface area (Å²) >= 11 is 1.73. The van der Waals surface area contributed by atoms with Gasteiger partial charge in [-0.2, -0.15) is 4.90 Å². The van der Waals surface area contributed by atoms with Crippen molar-refractivity contribution in [2.75, 3.05) is 23.7 Å². The van der Waals surface area contributed by atoms with Crippen molar-refractivity contribution in [2.24, 2.45) is 0 Å². The van der Waals surface area contributed by atoms with Crippen LogP contribution >= 0.6 is 11.8 Å². The van der Waals surface area contributed by atoms with Gasteiger partial charge in [0, 0.05) is 23.4 Å². The monoisotopic (exact) mass is 449 g/mol. The van der Waals surface area contributed by atoms with Crippen LogP contribution in [0.5, 0.6) is 0 Å². The Morgan fingerprint density at radius 2 is 2.04 bits per heavy atom. The zero-order chi connectivity index (χ0) is 18.3. The van der Waals surface area contributed by atoms with Crippen LogP contribution in [0.2, 0.25) is 0 Å². The van der Waals surface area contributed by atoms with E-state index in [0.29, 0.717) is 12.1 Å². The van der Waals surface area contributed by atoms with E-state index in [1.54, 1.807) is 23.9 Å². The van der Waals surface area contributed by atoms with Crippen molar-refractivity contribution in [2.45, 2.75) is 19.1 Å². The summed E-state index contributed by atoms with van der Waals surface area (Å²) in [4.78, 5) is 12.7. The second-order valence-electron chi connectivity index (χ2n) is 6.65. The van der Waals surface area contributed by atoms with Crippen LogP contribution < -0.4 is 21.9 Å². The van der Waals surface area contributed by atoms with Crippen molar-refractivity contribution < 1.29 is 31.6 Å². The molecular weight excluding hydrogens is 430 g/mol. The number of hydrogen-bond donors (Lipinski definition) is 1. The van der Waals surface area contributed by atoms with Gasteiger partial charge in [0.25, 0.3) is 11.4 Å². The molecule has 0 spiro atoms. The molecule has 4 rings (SSSR count). The van der Waals surface area contributed by atoms with Gasteiger partial charge in [-0.25, -0.2) is 4.58 Å². The van der Waals surface area contributed by atoms with Crippen LogP contribution in [0.15, 0.2) is 48.5 Å². The molecule has 2 aliphatic rings. The Hall–Kier alpha value is -1.90. The largest absolute Gasteiger partial charge is 1.00 e. The summed E-state index contributed by atoms with van der Waals surface area (Å²) < 4.78 is 2.18. The molecule has 0 amide bonds. The van der Waals surface area contributed by atoms with Gasteiger partial charge in [-0.05, 0) is 36.7 Å². The minimum atomic E-state index is -1.34. The van der Waals surface area contributed by atoms with Gasteiger partial charge < -0.3 is 22.1 Å². The van der Waals surface area contributed by atoms with E-state index in [4.69, 9.17) is 0 Å². The second-order valence-corrected chi connectivity index (χ2v) is 7.71. The van der Waals surface area contributed by atoms with Gasteiger partial charge in [0.15, 0.2) is 6.54 Å². The number of hydrogen-bond acceptors (Lipinski definition) is 5. The number of aryl methyl sites for hydroxylation is 1. The zero-order valence-electron chi connectivity index (χ0n) is 14.8. The van der Waals surface area contributed by atoms with Gasteiger partial charge in [-0.3, -0.25) is 10.1 Å². The standard InChI is InChI=1S/C19H20N3O3S.BrH/c1-14-6-2-3-9-17(14)21-18-20(10-5-11-26-18)13-19(21,23)15-7-4-8-16(12-15)22(24)25;/h2-4,6-9,12,23H,5,10-11,13H2,1H3;1H/q+1;/p-1. The molecule has 0 radical (unpaired) electrons. The van der Waals surface area contributed by atoms with E-state index in [1.165, 1.54) is 12.1 Å². The van der Waals surface area contributed by atoms with E-state index in [0.717, 1.165) is 35.1 Å². The molecule has 1 unspecified atom stereocenters. The average molecular weight is 450 g/mol. The number of thioether (sulfide) groups is 1. The maximum Gasteiger partial charge on any atom is 0.316 e. The molecule has 1 N–H and O–H groups in total. The molecule has 0 aromatic heterocycles. The fourth-order valence-corrected chi connectivity index (χ4v) is 4.83. The molecule has 1 atom stereocenters. The Labute approximate surface area is 172 Å².